The van der Waals surface area contributed by atoms with Gasteiger partial charge in [0.25, 0.3) is 5.91 Å². The molecule has 1 aromatic carbocycles. The maximum Gasteiger partial charge on any atom is 0.253 e. The zero-order valence-electron chi connectivity index (χ0n) is 13.6. The van der Waals surface area contributed by atoms with Crippen LogP contribution in [0.1, 0.15) is 50.5 Å². The van der Waals surface area contributed by atoms with Gasteiger partial charge in [0.15, 0.2) is 0 Å². The Kier molecular flexibility index (Phi) is 5.90. The van der Waals surface area contributed by atoms with Crippen molar-refractivity contribution in [3.63, 3.8) is 0 Å². The summed E-state index contributed by atoms with van der Waals surface area (Å²) in [6, 6.07) is 7.85. The van der Waals surface area contributed by atoms with Crippen LogP contribution in [0.25, 0.3) is 0 Å². The lowest BCUT2D eigenvalue weighted by molar-refractivity contribution is 0.0755. The van der Waals surface area contributed by atoms with Crippen molar-refractivity contribution in [3.05, 3.63) is 35.4 Å². The minimum atomic E-state index is 0.0257. The average Bonchev–Trinajstić information content (AvgIpc) is 2.42. The first-order valence-electron chi connectivity index (χ1n) is 7.36. The topological polar surface area (TPSA) is 46.3 Å². The van der Waals surface area contributed by atoms with Crippen molar-refractivity contribution in [1.29, 1.82) is 0 Å². The summed E-state index contributed by atoms with van der Waals surface area (Å²) in [4.78, 5) is 14.8. The highest BCUT2D eigenvalue weighted by molar-refractivity contribution is 7.80. The van der Waals surface area contributed by atoms with Crippen molar-refractivity contribution in [2.24, 2.45) is 11.7 Å². The average molecular weight is 306 g/mol. The lowest BCUT2D eigenvalue weighted by Crippen LogP contribution is -2.38. The molecule has 21 heavy (non-hydrogen) atoms. The third-order valence-corrected chi connectivity index (χ3v) is 4.05. The minimum Gasteiger partial charge on any atom is -0.393 e. The Morgan fingerprint density at radius 2 is 1.81 bits per heavy atom. The smallest absolute Gasteiger partial charge is 0.253 e. The van der Waals surface area contributed by atoms with Gasteiger partial charge in [-0.1, -0.05) is 52.0 Å². The van der Waals surface area contributed by atoms with Gasteiger partial charge in [0.05, 0.1) is 4.99 Å². The van der Waals surface area contributed by atoms with E-state index in [1.807, 2.05) is 38.1 Å². The molecule has 0 saturated carbocycles. The summed E-state index contributed by atoms with van der Waals surface area (Å²) < 4.78 is 0. The number of carbonyl (C=O) groups is 1. The molecule has 0 aliphatic carbocycles. The highest BCUT2D eigenvalue weighted by Crippen LogP contribution is 2.22. The zero-order valence-corrected chi connectivity index (χ0v) is 14.5. The molecule has 1 rings (SSSR count). The van der Waals surface area contributed by atoms with Crippen molar-refractivity contribution in [2.75, 3.05) is 13.1 Å². The molecule has 0 heterocycles. The van der Waals surface area contributed by atoms with Gasteiger partial charge in [-0.05, 0) is 30.0 Å². The fourth-order valence-electron chi connectivity index (χ4n) is 2.07. The highest BCUT2D eigenvalue weighted by atomic mass is 32.1. The van der Waals surface area contributed by atoms with Gasteiger partial charge >= 0.3 is 0 Å². The first kappa shape index (κ1) is 17.6. The van der Waals surface area contributed by atoms with Crippen LogP contribution in [0.3, 0.4) is 0 Å². The standard InChI is InChI=1S/C17H26N2OS/c1-6-19(11-12(2)15(18)21)16(20)13-7-9-14(10-8-13)17(3,4)5/h7-10,12H,6,11H2,1-5H3,(H2,18,21). The first-order chi connectivity index (χ1) is 9.66. The van der Waals surface area contributed by atoms with Crippen LogP contribution in [0, 0.1) is 5.92 Å². The molecule has 0 bridgehead atoms. The number of nitrogens with two attached hydrogens (primary N) is 1. The van der Waals surface area contributed by atoms with E-state index < -0.39 is 0 Å². The summed E-state index contributed by atoms with van der Waals surface area (Å²) in [7, 11) is 0. The van der Waals surface area contributed by atoms with Crippen LogP contribution in [0.2, 0.25) is 0 Å². The fourth-order valence-corrected chi connectivity index (χ4v) is 2.15. The van der Waals surface area contributed by atoms with Crippen LogP contribution in [0.4, 0.5) is 0 Å². The summed E-state index contributed by atoms with van der Waals surface area (Å²) in [6.45, 7) is 11.6. The molecule has 4 heteroatoms. The third kappa shape index (κ3) is 4.81. The van der Waals surface area contributed by atoms with E-state index in [-0.39, 0.29) is 17.2 Å². The largest absolute Gasteiger partial charge is 0.393 e. The Bertz CT molecular complexity index is 503. The Hall–Kier alpha value is -1.42. The van der Waals surface area contributed by atoms with Gasteiger partial charge in [0.2, 0.25) is 0 Å². The summed E-state index contributed by atoms with van der Waals surface area (Å²) in [5.41, 5.74) is 7.66. The fraction of sp³-hybridized carbons (Fsp3) is 0.529. The number of hydrogen-bond donors (Lipinski definition) is 1. The van der Waals surface area contributed by atoms with Crippen LogP contribution in [0.5, 0.6) is 0 Å². The number of carbonyl (C=O) groups excluding carboxylic acids is 1. The van der Waals surface area contributed by atoms with Crippen LogP contribution < -0.4 is 5.73 Å². The Balaban J connectivity index is 2.88. The van der Waals surface area contributed by atoms with Crippen molar-refractivity contribution in [1.82, 2.24) is 4.90 Å². The van der Waals surface area contributed by atoms with Gasteiger partial charge < -0.3 is 10.6 Å². The normalized spacial score (nSPS) is 12.8. The third-order valence-electron chi connectivity index (χ3n) is 3.65. The van der Waals surface area contributed by atoms with E-state index in [1.165, 1.54) is 5.56 Å². The molecule has 1 amide bonds. The number of nitrogens with zero attached hydrogens (tertiary/aromatic N) is 1. The molecule has 116 valence electrons. The molecular formula is C17H26N2OS. The molecule has 0 radical (unpaired) electrons. The number of thiocarbonyl (C=S) groups is 1. The van der Waals surface area contributed by atoms with Gasteiger partial charge in [-0.2, -0.15) is 0 Å². The molecule has 0 aromatic heterocycles. The van der Waals surface area contributed by atoms with E-state index in [1.54, 1.807) is 4.90 Å². The van der Waals surface area contributed by atoms with E-state index in [0.717, 1.165) is 0 Å². The van der Waals surface area contributed by atoms with Crippen molar-refractivity contribution in [2.45, 2.75) is 40.0 Å². The molecule has 0 aliphatic heterocycles. The lowest BCUT2D eigenvalue weighted by Gasteiger charge is -2.25. The Morgan fingerprint density at radius 3 is 2.19 bits per heavy atom. The van der Waals surface area contributed by atoms with Gasteiger partial charge in [-0.25, -0.2) is 0 Å². The van der Waals surface area contributed by atoms with E-state index >= 15 is 0 Å². The Labute approximate surface area is 133 Å². The highest BCUT2D eigenvalue weighted by Gasteiger charge is 2.19. The van der Waals surface area contributed by atoms with Crippen molar-refractivity contribution < 1.29 is 4.79 Å². The van der Waals surface area contributed by atoms with E-state index in [9.17, 15) is 4.79 Å². The predicted molar refractivity (Wildman–Crippen MR) is 92.7 cm³/mol. The van der Waals surface area contributed by atoms with Crippen LogP contribution >= 0.6 is 12.2 Å². The maximum atomic E-state index is 12.5. The summed E-state index contributed by atoms with van der Waals surface area (Å²) >= 11 is 4.99. The zero-order chi connectivity index (χ0) is 16.2. The number of rotatable bonds is 5. The van der Waals surface area contributed by atoms with E-state index in [0.29, 0.717) is 23.6 Å². The minimum absolute atomic E-state index is 0.0257. The van der Waals surface area contributed by atoms with Gasteiger partial charge in [-0.15, -0.1) is 0 Å². The lowest BCUT2D eigenvalue weighted by atomic mass is 9.86. The molecule has 0 saturated heterocycles. The maximum absolute atomic E-state index is 12.5. The number of hydrogen-bond acceptors (Lipinski definition) is 2. The van der Waals surface area contributed by atoms with E-state index in [2.05, 4.69) is 20.8 Å². The second-order valence-corrected chi connectivity index (χ2v) is 6.95. The molecule has 3 nitrogen and oxygen atoms in total. The Morgan fingerprint density at radius 1 is 1.29 bits per heavy atom. The monoisotopic (exact) mass is 306 g/mol. The SMILES string of the molecule is CCN(CC(C)C(N)=S)C(=O)c1ccc(C(C)(C)C)cc1. The van der Waals surface area contributed by atoms with Crippen LogP contribution in [0.15, 0.2) is 24.3 Å². The summed E-state index contributed by atoms with van der Waals surface area (Å²) in [6.07, 6.45) is 0. The van der Waals surface area contributed by atoms with Gasteiger partial charge in [0, 0.05) is 24.6 Å². The van der Waals surface area contributed by atoms with Crippen molar-refractivity contribution >= 4 is 23.1 Å². The van der Waals surface area contributed by atoms with Gasteiger partial charge in [-0.3, -0.25) is 4.79 Å². The van der Waals surface area contributed by atoms with Crippen LogP contribution in [-0.2, 0) is 5.41 Å². The van der Waals surface area contributed by atoms with Crippen molar-refractivity contribution in [3.8, 4) is 0 Å². The summed E-state index contributed by atoms with van der Waals surface area (Å²) in [5.74, 6) is 0.0545. The second kappa shape index (κ2) is 7.03. The van der Waals surface area contributed by atoms with E-state index in [4.69, 9.17) is 18.0 Å². The molecule has 1 atom stereocenters. The summed E-state index contributed by atoms with van der Waals surface area (Å²) in [5, 5.41) is 0. The number of benzene rings is 1. The van der Waals surface area contributed by atoms with Gasteiger partial charge in [0.1, 0.15) is 0 Å². The van der Waals surface area contributed by atoms with Crippen LogP contribution in [-0.4, -0.2) is 28.9 Å². The molecular weight excluding hydrogens is 280 g/mol. The molecule has 1 aromatic rings. The predicted octanol–water partition coefficient (Wildman–Crippen LogP) is 3.37. The quantitative estimate of drug-likeness (QED) is 0.848. The molecule has 0 aliphatic rings. The first-order valence-corrected chi connectivity index (χ1v) is 7.76. The second-order valence-electron chi connectivity index (χ2n) is 6.47. The molecule has 2 N–H and O–H groups in total. The molecule has 1 unspecified atom stereocenters. The molecule has 0 fully saturated rings. The molecule has 0 spiro atoms. The number of amides is 1.